The SMILES string of the molecule is C=CCNS(=O)(=O)c1cccc(C(=O)NCc2cccc(NC(=O)CC(C)C)c2)c1. The van der Waals surface area contributed by atoms with Crippen molar-refractivity contribution in [3.8, 4) is 0 Å². The van der Waals surface area contributed by atoms with E-state index >= 15 is 0 Å². The number of benzene rings is 2. The summed E-state index contributed by atoms with van der Waals surface area (Å²) >= 11 is 0. The van der Waals surface area contributed by atoms with Gasteiger partial charge in [-0.25, -0.2) is 13.1 Å². The molecule has 160 valence electrons. The van der Waals surface area contributed by atoms with Gasteiger partial charge in [0.15, 0.2) is 0 Å². The van der Waals surface area contributed by atoms with Crippen LogP contribution < -0.4 is 15.4 Å². The number of anilines is 1. The minimum absolute atomic E-state index is 0.00635. The molecule has 0 spiro atoms. The highest BCUT2D eigenvalue weighted by molar-refractivity contribution is 7.89. The molecule has 0 bridgehead atoms. The maximum atomic E-state index is 12.5. The van der Waals surface area contributed by atoms with E-state index in [0.29, 0.717) is 12.1 Å². The molecule has 2 rings (SSSR count). The van der Waals surface area contributed by atoms with Gasteiger partial charge >= 0.3 is 0 Å². The van der Waals surface area contributed by atoms with Crippen molar-refractivity contribution in [3.63, 3.8) is 0 Å². The Bertz CT molecular complexity index is 1020. The largest absolute Gasteiger partial charge is 0.348 e. The smallest absolute Gasteiger partial charge is 0.251 e. The standard InChI is InChI=1S/C22H27N3O4S/c1-4-11-24-30(28,29)20-10-6-8-18(14-20)22(27)23-15-17-7-5-9-19(13-17)25-21(26)12-16(2)3/h4-10,13-14,16,24H,1,11-12,15H2,2-3H3,(H,23,27)(H,25,26). The molecular weight excluding hydrogens is 402 g/mol. The fourth-order valence-corrected chi connectivity index (χ4v) is 3.73. The maximum absolute atomic E-state index is 12.5. The molecule has 30 heavy (non-hydrogen) atoms. The van der Waals surface area contributed by atoms with E-state index in [-0.39, 0.29) is 35.4 Å². The monoisotopic (exact) mass is 429 g/mol. The maximum Gasteiger partial charge on any atom is 0.251 e. The van der Waals surface area contributed by atoms with Gasteiger partial charge in [0.1, 0.15) is 0 Å². The fraction of sp³-hybridized carbons (Fsp3) is 0.273. The van der Waals surface area contributed by atoms with Gasteiger partial charge in [-0.15, -0.1) is 6.58 Å². The Morgan fingerprint density at radius 1 is 1.10 bits per heavy atom. The normalized spacial score (nSPS) is 11.2. The molecule has 0 radical (unpaired) electrons. The van der Waals surface area contributed by atoms with Crippen LogP contribution in [0.1, 0.15) is 36.2 Å². The fourth-order valence-electron chi connectivity index (χ4n) is 2.68. The zero-order valence-corrected chi connectivity index (χ0v) is 18.0. The van der Waals surface area contributed by atoms with Crippen molar-refractivity contribution in [1.82, 2.24) is 10.0 Å². The van der Waals surface area contributed by atoms with E-state index in [9.17, 15) is 18.0 Å². The number of amides is 2. The Hall–Kier alpha value is -2.97. The first kappa shape index (κ1) is 23.3. The van der Waals surface area contributed by atoms with E-state index in [4.69, 9.17) is 0 Å². The minimum atomic E-state index is -3.71. The average molecular weight is 430 g/mol. The topological polar surface area (TPSA) is 104 Å². The zero-order chi connectivity index (χ0) is 22.1. The lowest BCUT2D eigenvalue weighted by atomic mass is 10.1. The Morgan fingerprint density at radius 3 is 2.53 bits per heavy atom. The summed E-state index contributed by atoms with van der Waals surface area (Å²) in [4.78, 5) is 24.4. The van der Waals surface area contributed by atoms with Crippen LogP contribution in [0.5, 0.6) is 0 Å². The van der Waals surface area contributed by atoms with Gasteiger partial charge in [0.05, 0.1) is 4.90 Å². The van der Waals surface area contributed by atoms with Crippen molar-refractivity contribution in [2.24, 2.45) is 5.92 Å². The molecule has 3 N–H and O–H groups in total. The number of carbonyl (C=O) groups excluding carboxylic acids is 2. The van der Waals surface area contributed by atoms with Crippen LogP contribution >= 0.6 is 0 Å². The molecule has 0 aliphatic carbocycles. The van der Waals surface area contributed by atoms with Crippen LogP contribution in [0.2, 0.25) is 0 Å². The zero-order valence-electron chi connectivity index (χ0n) is 17.1. The number of nitrogens with one attached hydrogen (secondary N) is 3. The summed E-state index contributed by atoms with van der Waals surface area (Å²) in [5, 5.41) is 5.61. The molecule has 0 aliphatic rings. The average Bonchev–Trinajstić information content (AvgIpc) is 2.70. The van der Waals surface area contributed by atoms with Crippen LogP contribution in [-0.2, 0) is 21.4 Å². The van der Waals surface area contributed by atoms with Crippen molar-refractivity contribution in [1.29, 1.82) is 0 Å². The summed E-state index contributed by atoms with van der Waals surface area (Å²) in [5.74, 6) is -0.196. The number of hydrogen-bond donors (Lipinski definition) is 3. The Morgan fingerprint density at radius 2 is 1.83 bits per heavy atom. The first-order valence-corrected chi connectivity index (χ1v) is 11.1. The molecule has 0 aliphatic heterocycles. The summed E-state index contributed by atoms with van der Waals surface area (Å²) < 4.78 is 26.8. The summed E-state index contributed by atoms with van der Waals surface area (Å²) in [6.45, 7) is 7.76. The van der Waals surface area contributed by atoms with Gasteiger partial charge in [-0.2, -0.15) is 0 Å². The quantitative estimate of drug-likeness (QED) is 0.505. The molecule has 0 fully saturated rings. The van der Waals surface area contributed by atoms with Crippen molar-refractivity contribution in [2.45, 2.75) is 31.7 Å². The van der Waals surface area contributed by atoms with E-state index < -0.39 is 15.9 Å². The van der Waals surface area contributed by atoms with Gasteiger partial charge in [0, 0.05) is 30.8 Å². The van der Waals surface area contributed by atoms with Crippen LogP contribution in [0.3, 0.4) is 0 Å². The van der Waals surface area contributed by atoms with Crippen LogP contribution in [-0.4, -0.2) is 26.8 Å². The van der Waals surface area contributed by atoms with Gasteiger partial charge in [0.2, 0.25) is 15.9 Å². The van der Waals surface area contributed by atoms with Gasteiger partial charge in [0.25, 0.3) is 5.91 Å². The first-order chi connectivity index (χ1) is 14.2. The Labute approximate surface area is 177 Å². The number of sulfonamides is 1. The molecule has 0 saturated heterocycles. The Balaban J connectivity index is 2.02. The molecule has 7 nitrogen and oxygen atoms in total. The van der Waals surface area contributed by atoms with E-state index in [1.165, 1.54) is 24.3 Å². The lowest BCUT2D eigenvalue weighted by Gasteiger charge is -2.10. The first-order valence-electron chi connectivity index (χ1n) is 9.59. The third kappa shape index (κ3) is 7.13. The summed E-state index contributed by atoms with van der Waals surface area (Å²) in [6.07, 6.45) is 1.87. The lowest BCUT2D eigenvalue weighted by molar-refractivity contribution is -0.116. The molecule has 0 saturated carbocycles. The predicted molar refractivity (Wildman–Crippen MR) is 118 cm³/mol. The number of rotatable bonds is 10. The highest BCUT2D eigenvalue weighted by atomic mass is 32.2. The molecule has 0 heterocycles. The molecule has 8 heteroatoms. The summed E-state index contributed by atoms with van der Waals surface area (Å²) in [5.41, 5.74) is 1.70. The molecule has 0 unspecified atom stereocenters. The van der Waals surface area contributed by atoms with E-state index in [2.05, 4.69) is 21.9 Å². The van der Waals surface area contributed by atoms with Crippen molar-refractivity contribution in [3.05, 3.63) is 72.3 Å². The van der Waals surface area contributed by atoms with E-state index in [0.717, 1.165) is 5.56 Å². The molecule has 2 aromatic rings. The third-order valence-corrected chi connectivity index (χ3v) is 5.50. The molecule has 2 aromatic carbocycles. The second-order valence-corrected chi connectivity index (χ2v) is 8.96. The summed E-state index contributed by atoms with van der Waals surface area (Å²) in [6, 6.07) is 13.0. The molecule has 2 amide bonds. The molecule has 0 atom stereocenters. The highest BCUT2D eigenvalue weighted by Gasteiger charge is 2.15. The Kier molecular flexibility index (Phi) is 8.32. The van der Waals surface area contributed by atoms with Crippen LogP contribution in [0.4, 0.5) is 5.69 Å². The van der Waals surface area contributed by atoms with Gasteiger partial charge in [-0.3, -0.25) is 9.59 Å². The van der Waals surface area contributed by atoms with E-state index in [1.54, 1.807) is 24.3 Å². The van der Waals surface area contributed by atoms with Crippen LogP contribution in [0.25, 0.3) is 0 Å². The molecular formula is C22H27N3O4S. The van der Waals surface area contributed by atoms with Gasteiger partial charge in [-0.05, 0) is 41.8 Å². The second kappa shape index (κ2) is 10.7. The van der Waals surface area contributed by atoms with Crippen molar-refractivity contribution >= 4 is 27.5 Å². The highest BCUT2D eigenvalue weighted by Crippen LogP contribution is 2.14. The predicted octanol–water partition coefficient (Wildman–Crippen LogP) is 3.07. The third-order valence-electron chi connectivity index (χ3n) is 4.08. The van der Waals surface area contributed by atoms with Crippen LogP contribution in [0.15, 0.2) is 66.1 Å². The van der Waals surface area contributed by atoms with Gasteiger partial charge < -0.3 is 10.6 Å². The van der Waals surface area contributed by atoms with Crippen molar-refractivity contribution in [2.75, 3.05) is 11.9 Å². The lowest BCUT2D eigenvalue weighted by Crippen LogP contribution is -2.25. The van der Waals surface area contributed by atoms with Gasteiger partial charge in [-0.1, -0.05) is 38.1 Å². The molecule has 0 aromatic heterocycles. The second-order valence-electron chi connectivity index (χ2n) is 7.20. The van der Waals surface area contributed by atoms with Crippen LogP contribution in [0, 0.1) is 5.92 Å². The van der Waals surface area contributed by atoms with Crippen molar-refractivity contribution < 1.29 is 18.0 Å². The number of hydrogen-bond acceptors (Lipinski definition) is 4. The van der Waals surface area contributed by atoms with E-state index in [1.807, 2.05) is 19.9 Å². The minimum Gasteiger partial charge on any atom is -0.348 e. The summed E-state index contributed by atoms with van der Waals surface area (Å²) in [7, 11) is -3.71. The number of carbonyl (C=O) groups is 2.